The number of rotatable bonds is 8. The number of halogens is 6. The van der Waals surface area contributed by atoms with Gasteiger partial charge in [0.15, 0.2) is 0 Å². The van der Waals surface area contributed by atoms with Crippen LogP contribution in [-0.2, 0) is 17.1 Å². The van der Waals surface area contributed by atoms with Crippen LogP contribution in [-0.4, -0.2) is 64.0 Å². The average molecular weight is 664 g/mol. The van der Waals surface area contributed by atoms with Gasteiger partial charge >= 0.3 is 12.4 Å². The van der Waals surface area contributed by atoms with Crippen molar-refractivity contribution in [2.24, 2.45) is 0 Å². The zero-order valence-electron chi connectivity index (χ0n) is 25.7. The highest BCUT2D eigenvalue weighted by Crippen LogP contribution is 2.41. The molecule has 0 unspecified atom stereocenters. The van der Waals surface area contributed by atoms with E-state index >= 15 is 0 Å². The predicted octanol–water partition coefficient (Wildman–Crippen LogP) is 7.41. The molecule has 2 atom stereocenters. The van der Waals surface area contributed by atoms with Gasteiger partial charge in [0.2, 0.25) is 5.60 Å². The fourth-order valence-electron chi connectivity index (χ4n) is 6.43. The Morgan fingerprint density at radius 1 is 0.894 bits per heavy atom. The summed E-state index contributed by atoms with van der Waals surface area (Å²) in [6.45, 7) is 2.42. The summed E-state index contributed by atoms with van der Waals surface area (Å²) in [4.78, 5) is 35.2. The van der Waals surface area contributed by atoms with Gasteiger partial charge in [-0.2, -0.15) is 26.3 Å². The summed E-state index contributed by atoms with van der Waals surface area (Å²) in [6, 6.07) is 12.8. The van der Waals surface area contributed by atoms with E-state index in [0.29, 0.717) is 25.0 Å². The Hall–Kier alpha value is -4.29. The third kappa shape index (κ3) is 7.49. The minimum atomic E-state index is -4.83. The molecule has 252 valence electrons. The number of carbonyl (C=O) groups excluding carboxylic acids is 2. The maximum absolute atomic E-state index is 14.6. The number of carbonyl (C=O) groups is 2. The van der Waals surface area contributed by atoms with Crippen LogP contribution in [0.25, 0.3) is 0 Å². The number of alkyl halides is 6. The van der Waals surface area contributed by atoms with Crippen LogP contribution in [0.4, 0.5) is 26.3 Å². The third-order valence-corrected chi connectivity index (χ3v) is 8.66. The van der Waals surface area contributed by atoms with Crippen LogP contribution >= 0.6 is 0 Å². The van der Waals surface area contributed by atoms with Crippen molar-refractivity contribution in [1.82, 2.24) is 14.8 Å². The van der Waals surface area contributed by atoms with Gasteiger partial charge in [-0.25, -0.2) is 0 Å². The first-order valence-corrected chi connectivity index (χ1v) is 15.5. The van der Waals surface area contributed by atoms with Gasteiger partial charge in [0.1, 0.15) is 17.6 Å². The molecule has 2 aromatic carbocycles. The first kappa shape index (κ1) is 34.1. The van der Waals surface area contributed by atoms with E-state index in [9.17, 15) is 35.9 Å². The smallest absolute Gasteiger partial charge is 0.417 e. The minimum absolute atomic E-state index is 0.0265. The van der Waals surface area contributed by atoms with Gasteiger partial charge in [0.25, 0.3) is 11.8 Å². The molecule has 47 heavy (non-hydrogen) atoms. The number of benzene rings is 2. The molecule has 0 N–H and O–H groups in total. The molecular formula is C34H35F6N3O4. The van der Waals surface area contributed by atoms with Gasteiger partial charge in [-0.05, 0) is 55.3 Å². The second-order valence-corrected chi connectivity index (χ2v) is 11.8. The molecule has 2 aliphatic heterocycles. The lowest BCUT2D eigenvalue weighted by molar-refractivity contribution is -0.161. The summed E-state index contributed by atoms with van der Waals surface area (Å²) in [7, 11) is 0. The Balaban J connectivity index is 1.49. The van der Waals surface area contributed by atoms with Gasteiger partial charge in [0.05, 0.1) is 22.7 Å². The Kier molecular flexibility index (Phi) is 10.0. The molecule has 3 heterocycles. The maximum atomic E-state index is 14.6. The molecule has 1 aromatic heterocycles. The van der Waals surface area contributed by atoms with E-state index in [1.165, 1.54) is 4.90 Å². The average Bonchev–Trinajstić information content (AvgIpc) is 3.05. The van der Waals surface area contributed by atoms with Crippen molar-refractivity contribution in [1.29, 1.82) is 0 Å². The Morgan fingerprint density at radius 2 is 1.57 bits per heavy atom. The maximum Gasteiger partial charge on any atom is 0.417 e. The predicted molar refractivity (Wildman–Crippen MR) is 160 cm³/mol. The quantitative estimate of drug-likeness (QED) is 0.235. The summed E-state index contributed by atoms with van der Waals surface area (Å²) >= 11 is 0. The van der Waals surface area contributed by atoms with E-state index in [4.69, 9.17) is 9.47 Å². The molecule has 5 rings (SSSR count). The summed E-state index contributed by atoms with van der Waals surface area (Å²) in [5, 5.41) is 0. The lowest BCUT2D eigenvalue weighted by Crippen LogP contribution is -2.68. The first-order valence-electron chi connectivity index (χ1n) is 15.5. The van der Waals surface area contributed by atoms with Crippen molar-refractivity contribution in [3.8, 4) is 11.5 Å². The van der Waals surface area contributed by atoms with E-state index in [0.717, 1.165) is 42.7 Å². The summed E-state index contributed by atoms with van der Waals surface area (Å²) < 4.78 is 94.3. The topological polar surface area (TPSA) is 72.0 Å². The van der Waals surface area contributed by atoms with Crippen molar-refractivity contribution in [2.45, 2.75) is 75.5 Å². The molecule has 0 saturated carbocycles. The fourth-order valence-corrected chi connectivity index (χ4v) is 6.43. The third-order valence-electron chi connectivity index (χ3n) is 8.66. The highest BCUT2D eigenvalue weighted by Gasteiger charge is 2.56. The van der Waals surface area contributed by atoms with Crippen LogP contribution in [0.1, 0.15) is 66.9 Å². The second-order valence-electron chi connectivity index (χ2n) is 11.8. The monoisotopic (exact) mass is 663 g/mol. The molecule has 2 aliphatic rings. The number of amides is 2. The lowest BCUT2D eigenvalue weighted by Gasteiger charge is -2.50. The lowest BCUT2D eigenvalue weighted by atomic mass is 9.79. The summed E-state index contributed by atoms with van der Waals surface area (Å²) in [5.74, 6) is -0.764. The Labute approximate surface area is 268 Å². The van der Waals surface area contributed by atoms with Gasteiger partial charge in [-0.3, -0.25) is 14.6 Å². The van der Waals surface area contributed by atoms with Gasteiger partial charge in [-0.15, -0.1) is 0 Å². The number of para-hydroxylation sites is 1. The standard InChI is InChI=1S/C34H35F6N3O4/c1-2-7-29-32(47-26-12-10-23(11-13-26)33(35,36)37,31(45)42-20-15-25(16-21-42)46-24-8-4-3-5-9-24)17-6-19-43(29)30(44)27-22-41-18-14-28(27)34(38,39)40/h3-5,8-14,18,22,25,29H,2,6-7,15-17,19-21H2,1H3/t29-,32+/m1/s1. The van der Waals surface area contributed by atoms with Crippen LogP contribution in [0.2, 0.25) is 0 Å². The first-order chi connectivity index (χ1) is 22.3. The summed E-state index contributed by atoms with van der Waals surface area (Å²) in [6.07, 6.45) is -5.89. The van der Waals surface area contributed by atoms with Crippen molar-refractivity contribution < 1.29 is 45.4 Å². The SMILES string of the molecule is CCC[C@H]1N(C(=O)c2cnccc2C(F)(F)F)CCC[C@@]1(Oc1ccc(C(F)(F)F)cc1)C(=O)N1CCC(Oc2ccccc2)CC1. The molecule has 7 nitrogen and oxygen atoms in total. The number of likely N-dealkylation sites (tertiary alicyclic amines) is 2. The number of nitrogens with zero attached hydrogens (tertiary/aromatic N) is 3. The van der Waals surface area contributed by atoms with E-state index in [-0.39, 0.29) is 50.8 Å². The van der Waals surface area contributed by atoms with Crippen molar-refractivity contribution in [3.63, 3.8) is 0 Å². The molecule has 0 bridgehead atoms. The molecule has 2 fully saturated rings. The number of aromatic nitrogens is 1. The normalized spacial score (nSPS) is 21.0. The van der Waals surface area contributed by atoms with Crippen LogP contribution < -0.4 is 9.47 Å². The van der Waals surface area contributed by atoms with Gasteiger partial charge < -0.3 is 19.3 Å². The van der Waals surface area contributed by atoms with Crippen molar-refractivity contribution >= 4 is 11.8 Å². The van der Waals surface area contributed by atoms with Crippen LogP contribution in [0.5, 0.6) is 11.5 Å². The van der Waals surface area contributed by atoms with E-state index < -0.39 is 52.5 Å². The zero-order chi connectivity index (χ0) is 33.8. The van der Waals surface area contributed by atoms with Crippen LogP contribution in [0.15, 0.2) is 73.1 Å². The van der Waals surface area contributed by atoms with Gasteiger partial charge in [-0.1, -0.05) is 31.5 Å². The molecule has 3 aromatic rings. The molecule has 0 radical (unpaired) electrons. The number of ether oxygens (including phenoxy) is 2. The number of pyridine rings is 1. The van der Waals surface area contributed by atoms with E-state index in [1.54, 1.807) is 4.90 Å². The molecule has 13 heteroatoms. The minimum Gasteiger partial charge on any atom is -0.490 e. The summed E-state index contributed by atoms with van der Waals surface area (Å²) in [5.41, 5.74) is -4.50. The van der Waals surface area contributed by atoms with Crippen molar-refractivity contribution in [3.05, 3.63) is 89.7 Å². The largest absolute Gasteiger partial charge is 0.490 e. The fraction of sp³-hybridized carbons (Fsp3) is 0.441. The number of hydrogen-bond donors (Lipinski definition) is 0. The second kappa shape index (κ2) is 13.8. The van der Waals surface area contributed by atoms with E-state index in [2.05, 4.69) is 4.98 Å². The van der Waals surface area contributed by atoms with E-state index in [1.807, 2.05) is 37.3 Å². The molecule has 0 aliphatic carbocycles. The Morgan fingerprint density at radius 3 is 2.19 bits per heavy atom. The number of piperidine rings is 2. The molecular weight excluding hydrogens is 628 g/mol. The molecule has 2 amide bonds. The van der Waals surface area contributed by atoms with Crippen molar-refractivity contribution in [2.75, 3.05) is 19.6 Å². The molecule has 2 saturated heterocycles. The van der Waals surface area contributed by atoms with Crippen LogP contribution in [0, 0.1) is 0 Å². The zero-order valence-corrected chi connectivity index (χ0v) is 25.7. The number of hydrogen-bond acceptors (Lipinski definition) is 5. The highest BCUT2D eigenvalue weighted by molar-refractivity contribution is 5.97. The Bertz CT molecular complexity index is 1530. The highest BCUT2D eigenvalue weighted by atomic mass is 19.4. The molecule has 0 spiro atoms. The van der Waals surface area contributed by atoms with Gasteiger partial charge in [0, 0.05) is 51.3 Å². The van der Waals surface area contributed by atoms with Crippen LogP contribution in [0.3, 0.4) is 0 Å².